The largest absolute Gasteiger partial charge is 0.353 e. The van der Waals surface area contributed by atoms with Gasteiger partial charge in [-0.05, 0) is 13.8 Å². The summed E-state index contributed by atoms with van der Waals surface area (Å²) in [5.41, 5.74) is -0.428. The van der Waals surface area contributed by atoms with E-state index < -0.39 is 5.41 Å². The third-order valence-corrected chi connectivity index (χ3v) is 1.81. The summed E-state index contributed by atoms with van der Waals surface area (Å²) in [6, 6.07) is 2.18. The van der Waals surface area contributed by atoms with E-state index >= 15 is 0 Å². The second-order valence-corrected chi connectivity index (χ2v) is 4.01. The first-order valence-corrected chi connectivity index (χ1v) is 4.54. The fourth-order valence-corrected chi connectivity index (χ4v) is 0.841. The molecule has 1 heterocycles. The Morgan fingerprint density at radius 1 is 1.50 bits per heavy atom. The molecule has 74 valence electrons. The van der Waals surface area contributed by atoms with Crippen LogP contribution in [0.25, 0.3) is 0 Å². The zero-order valence-electron chi connectivity index (χ0n) is 8.08. The smallest absolute Gasteiger partial charge is 0.222 e. The van der Waals surface area contributed by atoms with Crippen molar-refractivity contribution in [2.24, 2.45) is 5.41 Å². The summed E-state index contributed by atoms with van der Waals surface area (Å²) in [5, 5.41) is 12.2. The molecule has 1 rings (SSSR count). The Morgan fingerprint density at radius 2 is 2.07 bits per heavy atom. The molecule has 1 N–H and O–H groups in total. The van der Waals surface area contributed by atoms with Gasteiger partial charge in [0, 0.05) is 6.54 Å². The Kier molecular flexibility index (Phi) is 3.26. The van der Waals surface area contributed by atoms with Gasteiger partial charge in [-0.15, -0.1) is 0 Å². The lowest BCUT2D eigenvalue weighted by Crippen LogP contribution is -2.21. The molecule has 0 atom stereocenters. The molecular weight excluding hydrogens is 200 g/mol. The molecule has 1 aromatic rings. The topological polar surface area (TPSA) is 61.6 Å². The summed E-state index contributed by atoms with van der Waals surface area (Å²) in [5.74, 6) is 0.484. The summed E-state index contributed by atoms with van der Waals surface area (Å²) < 4.78 is 0. The number of hydrogen-bond acceptors (Lipinski definition) is 4. The Hall–Kier alpha value is -1.34. The van der Waals surface area contributed by atoms with Gasteiger partial charge in [0.25, 0.3) is 0 Å². The minimum absolute atomic E-state index is 0.428. The molecule has 1 aromatic heterocycles. The molecular formula is C9H11ClN4. The number of halogens is 1. The van der Waals surface area contributed by atoms with Crippen molar-refractivity contribution in [3.8, 4) is 6.07 Å². The monoisotopic (exact) mass is 210 g/mol. The molecule has 14 heavy (non-hydrogen) atoms. The van der Waals surface area contributed by atoms with E-state index in [1.165, 1.54) is 12.4 Å². The molecule has 0 radical (unpaired) electrons. The second-order valence-electron chi connectivity index (χ2n) is 3.57. The SMILES string of the molecule is CC(C)(C#N)CNc1ncc(Cl)cn1. The van der Waals surface area contributed by atoms with Crippen molar-refractivity contribution in [3.63, 3.8) is 0 Å². The molecule has 4 nitrogen and oxygen atoms in total. The Morgan fingerprint density at radius 3 is 2.57 bits per heavy atom. The quantitative estimate of drug-likeness (QED) is 0.830. The average Bonchev–Trinajstić information content (AvgIpc) is 2.17. The Balaban J connectivity index is 2.55. The summed E-state index contributed by atoms with van der Waals surface area (Å²) in [4.78, 5) is 7.90. The predicted octanol–water partition coefficient (Wildman–Crippen LogP) is 2.09. The highest BCUT2D eigenvalue weighted by atomic mass is 35.5. The van der Waals surface area contributed by atoms with Gasteiger partial charge in [-0.2, -0.15) is 5.26 Å². The van der Waals surface area contributed by atoms with E-state index in [1.54, 1.807) is 0 Å². The first kappa shape index (κ1) is 10.7. The van der Waals surface area contributed by atoms with E-state index in [9.17, 15) is 0 Å². The number of hydrogen-bond donors (Lipinski definition) is 1. The van der Waals surface area contributed by atoms with Crippen LogP contribution in [-0.2, 0) is 0 Å². The molecule has 0 aliphatic rings. The van der Waals surface area contributed by atoms with Crippen molar-refractivity contribution >= 4 is 17.5 Å². The van der Waals surface area contributed by atoms with Crippen LogP contribution in [0.1, 0.15) is 13.8 Å². The maximum atomic E-state index is 8.76. The van der Waals surface area contributed by atoms with Gasteiger partial charge in [0.05, 0.1) is 28.9 Å². The lowest BCUT2D eigenvalue weighted by molar-refractivity contribution is 0.527. The Bertz CT molecular complexity index is 339. The second kappa shape index (κ2) is 4.25. The predicted molar refractivity (Wildman–Crippen MR) is 54.9 cm³/mol. The molecule has 0 saturated carbocycles. The molecule has 5 heteroatoms. The summed E-state index contributed by atoms with van der Waals surface area (Å²) in [6.07, 6.45) is 3.02. The van der Waals surface area contributed by atoms with E-state index in [4.69, 9.17) is 16.9 Å². The molecule has 0 saturated heterocycles. The third kappa shape index (κ3) is 3.19. The summed E-state index contributed by atoms with van der Waals surface area (Å²) in [6.45, 7) is 4.19. The van der Waals surface area contributed by atoms with Crippen LogP contribution in [0.4, 0.5) is 5.95 Å². The first-order chi connectivity index (χ1) is 6.53. The van der Waals surface area contributed by atoms with Crippen molar-refractivity contribution in [2.45, 2.75) is 13.8 Å². The highest BCUT2D eigenvalue weighted by Crippen LogP contribution is 2.13. The van der Waals surface area contributed by atoms with E-state index in [0.717, 1.165) is 0 Å². The van der Waals surface area contributed by atoms with Crippen LogP contribution in [-0.4, -0.2) is 16.5 Å². The highest BCUT2D eigenvalue weighted by molar-refractivity contribution is 6.30. The maximum Gasteiger partial charge on any atom is 0.222 e. The van der Waals surface area contributed by atoms with Gasteiger partial charge < -0.3 is 5.32 Å². The van der Waals surface area contributed by atoms with Gasteiger partial charge >= 0.3 is 0 Å². The van der Waals surface area contributed by atoms with Crippen LogP contribution in [0.5, 0.6) is 0 Å². The van der Waals surface area contributed by atoms with Gasteiger partial charge in [-0.3, -0.25) is 0 Å². The average molecular weight is 211 g/mol. The minimum Gasteiger partial charge on any atom is -0.353 e. The molecule has 0 amide bonds. The van der Waals surface area contributed by atoms with E-state index in [-0.39, 0.29) is 0 Å². The van der Waals surface area contributed by atoms with Gasteiger partial charge in [0.15, 0.2) is 0 Å². The molecule has 0 aliphatic carbocycles. The summed E-state index contributed by atoms with van der Waals surface area (Å²) >= 11 is 5.62. The van der Waals surface area contributed by atoms with Gasteiger partial charge in [-0.25, -0.2) is 9.97 Å². The van der Waals surface area contributed by atoms with E-state index in [1.807, 2.05) is 13.8 Å². The van der Waals surface area contributed by atoms with Crippen LogP contribution >= 0.6 is 11.6 Å². The van der Waals surface area contributed by atoms with Gasteiger partial charge in [0.1, 0.15) is 0 Å². The van der Waals surface area contributed by atoms with Crippen LogP contribution in [0.2, 0.25) is 5.02 Å². The lowest BCUT2D eigenvalue weighted by Gasteiger charge is -2.15. The zero-order valence-corrected chi connectivity index (χ0v) is 8.84. The first-order valence-electron chi connectivity index (χ1n) is 4.16. The minimum atomic E-state index is -0.428. The number of aromatic nitrogens is 2. The van der Waals surface area contributed by atoms with Crippen molar-refractivity contribution in [1.29, 1.82) is 5.26 Å². The van der Waals surface area contributed by atoms with Crippen molar-refractivity contribution in [3.05, 3.63) is 17.4 Å². The van der Waals surface area contributed by atoms with E-state index in [2.05, 4.69) is 21.4 Å². The normalized spacial score (nSPS) is 10.7. The van der Waals surface area contributed by atoms with Gasteiger partial charge in [0.2, 0.25) is 5.95 Å². The fourth-order valence-electron chi connectivity index (χ4n) is 0.743. The lowest BCUT2D eigenvalue weighted by atomic mass is 9.96. The third-order valence-electron chi connectivity index (χ3n) is 1.61. The number of nitrogens with one attached hydrogen (secondary N) is 1. The molecule has 0 aromatic carbocycles. The Labute approximate surface area is 87.9 Å². The molecule has 0 unspecified atom stereocenters. The standard InChI is InChI=1S/C9H11ClN4/c1-9(2,5-11)6-14-8-12-3-7(10)4-13-8/h3-4H,6H2,1-2H3,(H,12,13,14). The van der Waals surface area contributed by atoms with Crippen LogP contribution < -0.4 is 5.32 Å². The molecule has 0 bridgehead atoms. The van der Waals surface area contributed by atoms with Crippen molar-refractivity contribution in [2.75, 3.05) is 11.9 Å². The van der Waals surface area contributed by atoms with Crippen molar-refractivity contribution < 1.29 is 0 Å². The van der Waals surface area contributed by atoms with Gasteiger partial charge in [-0.1, -0.05) is 11.6 Å². The fraction of sp³-hybridized carbons (Fsp3) is 0.444. The highest BCUT2D eigenvalue weighted by Gasteiger charge is 2.16. The number of anilines is 1. The van der Waals surface area contributed by atoms with Crippen LogP contribution in [0.3, 0.4) is 0 Å². The zero-order chi connectivity index (χ0) is 10.6. The maximum absolute atomic E-state index is 8.76. The molecule has 0 spiro atoms. The number of nitriles is 1. The number of nitrogens with zero attached hydrogens (tertiary/aromatic N) is 3. The van der Waals surface area contributed by atoms with E-state index in [0.29, 0.717) is 17.5 Å². The van der Waals surface area contributed by atoms with Crippen molar-refractivity contribution in [1.82, 2.24) is 9.97 Å². The number of rotatable bonds is 3. The summed E-state index contributed by atoms with van der Waals surface area (Å²) in [7, 11) is 0. The van der Waals surface area contributed by atoms with Crippen LogP contribution in [0, 0.1) is 16.7 Å². The molecule has 0 fully saturated rings. The van der Waals surface area contributed by atoms with Crippen LogP contribution in [0.15, 0.2) is 12.4 Å². The molecule has 0 aliphatic heterocycles.